The normalized spacial score (nSPS) is 23.1. The maximum Gasteiger partial charge on any atom is 0.407 e. The van der Waals surface area contributed by atoms with Crippen molar-refractivity contribution in [3.8, 4) is 22.3 Å². The molecule has 3 aromatic carbocycles. The molecule has 0 bridgehead atoms. The molecule has 4 aliphatic heterocycles. The highest BCUT2D eigenvalue weighted by molar-refractivity contribution is 8.00. The first-order valence-corrected chi connectivity index (χ1v) is 22.6. The molecule has 0 spiro atoms. The first kappa shape index (κ1) is 40.1. The third kappa shape index (κ3) is 7.98. The van der Waals surface area contributed by atoms with Crippen molar-refractivity contribution in [3.05, 3.63) is 72.3 Å². The van der Waals surface area contributed by atoms with Crippen LogP contribution in [0.15, 0.2) is 60.7 Å². The van der Waals surface area contributed by atoms with Crippen LogP contribution in [-0.2, 0) is 19.1 Å². The van der Waals surface area contributed by atoms with Crippen LogP contribution in [-0.4, -0.2) is 96.8 Å². The van der Waals surface area contributed by atoms with E-state index in [1.54, 1.807) is 0 Å². The van der Waals surface area contributed by atoms with Gasteiger partial charge in [0.15, 0.2) is 0 Å². The summed E-state index contributed by atoms with van der Waals surface area (Å²) in [7, 11) is 1.30. The Bertz CT molecular complexity index is 2410. The zero-order valence-electron chi connectivity index (χ0n) is 34.5. The number of amides is 4. The third-order valence-electron chi connectivity index (χ3n) is 13.1. The lowest BCUT2D eigenvalue weighted by Gasteiger charge is -2.29. The number of likely N-dealkylation sites (tertiary alicyclic amines) is 2. The number of carbonyl (C=O) groups excluding carboxylic acids is 4. The molecule has 4 N–H and O–H groups in total. The molecule has 0 radical (unpaired) electrons. The number of fused-ring (bicyclic) bond motifs is 3. The number of ether oxygens (including phenoxy) is 1. The van der Waals surface area contributed by atoms with E-state index >= 15 is 0 Å². The maximum absolute atomic E-state index is 13.6. The molecule has 13 nitrogen and oxygen atoms in total. The summed E-state index contributed by atoms with van der Waals surface area (Å²) < 4.78 is 4.78. The number of aromatic amines is 2. The van der Waals surface area contributed by atoms with E-state index in [0.29, 0.717) is 36.6 Å². The van der Waals surface area contributed by atoms with E-state index in [1.807, 2.05) is 41.5 Å². The second-order valence-electron chi connectivity index (χ2n) is 17.2. The molecule has 1 unspecified atom stereocenters. The van der Waals surface area contributed by atoms with Gasteiger partial charge >= 0.3 is 6.09 Å². The summed E-state index contributed by atoms with van der Waals surface area (Å²) in [4.78, 5) is 71.7. The Kier molecular flexibility index (Phi) is 11.3. The van der Waals surface area contributed by atoms with E-state index in [9.17, 15) is 19.2 Å². The van der Waals surface area contributed by atoms with Crippen LogP contribution in [0.2, 0.25) is 0 Å². The van der Waals surface area contributed by atoms with E-state index < -0.39 is 12.1 Å². The summed E-state index contributed by atoms with van der Waals surface area (Å²) in [5.74, 6) is 3.24. The minimum atomic E-state index is -0.684. The van der Waals surface area contributed by atoms with Crippen molar-refractivity contribution in [2.24, 2.45) is 11.8 Å². The number of nitrogens with one attached hydrogen (secondary N) is 4. The number of alkyl carbamates (subject to hydrolysis) is 1. The van der Waals surface area contributed by atoms with Crippen LogP contribution >= 0.6 is 11.8 Å². The standard InChI is InChI=1S/C46H54N8O5S/c1-26(2)42(52-46(58)59-3)45(57)54-21-7-9-38(54)44-49-33-19-17-30(23-35(33)51-44)28-14-12-27(13-15-28)29-16-18-32-34(22-29)50-43(48-32)37-8-6-20-53(37)41(56)11-5-4-10-39-31-24-40(55)47-36(31)25-60-39/h12-19,22-23,26,31,36-39,42H,4-11,20-21,24-25H2,1-3H3,(H,47,55)(H,48,50)(H,49,51)(H,52,58)/t31-,36-,37-,38?,39-,42-/m0/s1. The Morgan fingerprint density at radius 1 is 0.833 bits per heavy atom. The number of rotatable bonds is 12. The summed E-state index contributed by atoms with van der Waals surface area (Å²) in [6.07, 6.45) is 7.07. The summed E-state index contributed by atoms with van der Waals surface area (Å²) in [5, 5.41) is 6.35. The molecule has 0 saturated carbocycles. The number of nitrogens with zero attached hydrogens (tertiary/aromatic N) is 4. The van der Waals surface area contributed by atoms with Crippen molar-refractivity contribution in [2.45, 2.75) is 101 Å². The van der Waals surface area contributed by atoms with Gasteiger partial charge in [0.2, 0.25) is 17.7 Å². The van der Waals surface area contributed by atoms with Crippen LogP contribution in [0.5, 0.6) is 0 Å². The zero-order chi connectivity index (χ0) is 41.5. The Balaban J connectivity index is 0.836. The molecule has 0 aliphatic carbocycles. The van der Waals surface area contributed by atoms with Crippen LogP contribution in [0.4, 0.5) is 4.79 Å². The molecular weight excluding hydrogens is 777 g/mol. The number of hydrogen-bond donors (Lipinski definition) is 4. The first-order valence-electron chi connectivity index (χ1n) is 21.6. The monoisotopic (exact) mass is 830 g/mol. The number of imidazole rings is 2. The Morgan fingerprint density at radius 3 is 2.02 bits per heavy atom. The van der Waals surface area contributed by atoms with E-state index in [0.717, 1.165) is 113 Å². The van der Waals surface area contributed by atoms with Crippen molar-refractivity contribution < 1.29 is 23.9 Å². The molecule has 14 heteroatoms. The van der Waals surface area contributed by atoms with Gasteiger partial charge in [0.05, 0.1) is 41.3 Å². The lowest BCUT2D eigenvalue weighted by Crippen LogP contribution is -2.51. The predicted octanol–water partition coefficient (Wildman–Crippen LogP) is 7.66. The van der Waals surface area contributed by atoms with Gasteiger partial charge in [-0.1, -0.05) is 56.7 Å². The number of benzene rings is 3. The van der Waals surface area contributed by atoms with Crippen molar-refractivity contribution >= 4 is 57.6 Å². The number of hydrogen-bond acceptors (Lipinski definition) is 8. The smallest absolute Gasteiger partial charge is 0.407 e. The number of methoxy groups -OCH3 is 1. The van der Waals surface area contributed by atoms with E-state index in [4.69, 9.17) is 14.7 Å². The molecule has 4 aliphatic rings. The fraction of sp³-hybridized carbons (Fsp3) is 0.478. The Morgan fingerprint density at radius 2 is 1.42 bits per heavy atom. The molecule has 6 heterocycles. The number of thioether (sulfide) groups is 1. The summed E-state index contributed by atoms with van der Waals surface area (Å²) in [6.45, 7) is 5.19. The van der Waals surface area contributed by atoms with Crippen molar-refractivity contribution in [1.29, 1.82) is 0 Å². The van der Waals surface area contributed by atoms with Crippen LogP contribution in [0.25, 0.3) is 44.3 Å². The second kappa shape index (κ2) is 16.9. The van der Waals surface area contributed by atoms with Crippen LogP contribution < -0.4 is 10.6 Å². The molecule has 4 amide bonds. The summed E-state index contributed by atoms with van der Waals surface area (Å²) in [6, 6.07) is 20.4. The van der Waals surface area contributed by atoms with Crippen LogP contribution in [0.3, 0.4) is 0 Å². The van der Waals surface area contributed by atoms with Gasteiger partial charge in [-0.2, -0.15) is 11.8 Å². The molecule has 5 aromatic rings. The molecule has 6 atom stereocenters. The van der Waals surface area contributed by atoms with Crippen molar-refractivity contribution in [3.63, 3.8) is 0 Å². The van der Waals surface area contributed by atoms with Crippen molar-refractivity contribution in [1.82, 2.24) is 40.4 Å². The molecular formula is C46H54N8O5S. The average molecular weight is 831 g/mol. The topological polar surface area (TPSA) is 165 Å². The van der Waals surface area contributed by atoms with Gasteiger partial charge in [0.1, 0.15) is 17.7 Å². The molecule has 60 heavy (non-hydrogen) atoms. The highest BCUT2D eigenvalue weighted by atomic mass is 32.2. The number of H-pyrrole nitrogens is 2. The van der Waals surface area contributed by atoms with Gasteiger partial charge in [0, 0.05) is 48.9 Å². The Hall–Kier alpha value is -5.37. The highest BCUT2D eigenvalue weighted by Crippen LogP contribution is 2.41. The number of aromatic nitrogens is 4. The van der Waals surface area contributed by atoms with Gasteiger partial charge in [-0.05, 0) is 91.0 Å². The van der Waals surface area contributed by atoms with Crippen LogP contribution in [0.1, 0.15) is 95.4 Å². The molecule has 9 rings (SSSR count). The van der Waals surface area contributed by atoms with E-state index in [-0.39, 0.29) is 35.7 Å². The second-order valence-corrected chi connectivity index (χ2v) is 18.5. The zero-order valence-corrected chi connectivity index (χ0v) is 35.4. The third-order valence-corrected chi connectivity index (χ3v) is 14.6. The minimum Gasteiger partial charge on any atom is -0.453 e. The molecule has 2 aromatic heterocycles. The number of unbranched alkanes of at least 4 members (excludes halogenated alkanes) is 1. The summed E-state index contributed by atoms with van der Waals surface area (Å²) >= 11 is 1.98. The van der Waals surface area contributed by atoms with Gasteiger partial charge in [0.25, 0.3) is 0 Å². The lowest BCUT2D eigenvalue weighted by molar-refractivity contribution is -0.135. The maximum atomic E-state index is 13.6. The summed E-state index contributed by atoms with van der Waals surface area (Å²) in [5.41, 5.74) is 7.90. The number of carbonyl (C=O) groups is 4. The largest absolute Gasteiger partial charge is 0.453 e. The molecule has 314 valence electrons. The minimum absolute atomic E-state index is 0.0372. The van der Waals surface area contributed by atoms with Gasteiger partial charge in [-0.25, -0.2) is 14.8 Å². The fourth-order valence-electron chi connectivity index (χ4n) is 9.83. The van der Waals surface area contributed by atoms with Gasteiger partial charge in [-0.15, -0.1) is 0 Å². The fourth-order valence-corrected chi connectivity index (χ4v) is 11.5. The lowest BCUT2D eigenvalue weighted by atomic mass is 9.94. The Labute approximate surface area is 354 Å². The van der Waals surface area contributed by atoms with E-state index in [2.05, 4.69) is 75.2 Å². The molecule has 4 fully saturated rings. The quantitative estimate of drug-likeness (QED) is 0.0931. The van der Waals surface area contributed by atoms with Gasteiger partial charge in [-0.3, -0.25) is 14.4 Å². The predicted molar refractivity (Wildman–Crippen MR) is 233 cm³/mol. The van der Waals surface area contributed by atoms with Crippen molar-refractivity contribution in [2.75, 3.05) is 26.0 Å². The molecule has 4 saturated heterocycles. The SMILES string of the molecule is COC(=O)N[C@H](C(=O)N1CCCC1c1nc2ccc(-c3ccc(-c4ccc5nc([C@@H]6CCCN6C(=O)CCCC[C@@H]6SC[C@@H]7NC(=O)C[C@@H]76)[nH]c5c4)cc3)cc2[nH]1)C(C)C. The van der Waals surface area contributed by atoms with E-state index in [1.165, 1.54) is 7.11 Å². The van der Waals surface area contributed by atoms with Gasteiger partial charge < -0.3 is 35.1 Å². The van der Waals surface area contributed by atoms with Crippen LogP contribution in [0, 0.1) is 11.8 Å². The average Bonchev–Trinajstić information content (AvgIpc) is 4.11. The first-order chi connectivity index (χ1) is 29.1. The highest BCUT2D eigenvalue weighted by Gasteiger charge is 2.43.